The second-order valence-corrected chi connectivity index (χ2v) is 10.8. The van der Waals surface area contributed by atoms with Crippen molar-refractivity contribution in [1.82, 2.24) is 4.90 Å². The van der Waals surface area contributed by atoms with Gasteiger partial charge >= 0.3 is 6.09 Å². The minimum Gasteiger partial charge on any atom is -0.448 e. The molecule has 2 bridgehead atoms. The van der Waals surface area contributed by atoms with Gasteiger partial charge in [0.2, 0.25) is 0 Å². The molecule has 2 unspecified atom stereocenters. The van der Waals surface area contributed by atoms with Crippen LogP contribution in [0.2, 0.25) is 0 Å². The number of hydrogen-bond acceptors (Lipinski definition) is 3. The topological polar surface area (TPSA) is 49.8 Å². The Bertz CT molecular complexity index is 1240. The highest BCUT2D eigenvalue weighted by Crippen LogP contribution is 2.45. The Morgan fingerprint density at radius 2 is 1.61 bits per heavy atom. The average molecular weight is 486 g/mol. The number of halogens is 1. The first-order valence-corrected chi connectivity index (χ1v) is 13.0. The molecule has 6 rings (SSSR count). The van der Waals surface area contributed by atoms with Gasteiger partial charge in [0.05, 0.1) is 5.60 Å². The number of hydrogen-bond donors (Lipinski definition) is 1. The van der Waals surface area contributed by atoms with Gasteiger partial charge in [-0.1, -0.05) is 54.6 Å². The van der Waals surface area contributed by atoms with E-state index in [4.69, 9.17) is 4.74 Å². The molecule has 2 heterocycles. The maximum absolute atomic E-state index is 13.6. The lowest BCUT2D eigenvalue weighted by atomic mass is 9.73. The molecular weight excluding hydrogens is 453 g/mol. The van der Waals surface area contributed by atoms with Gasteiger partial charge in [-0.05, 0) is 84.5 Å². The molecule has 4 nitrogen and oxygen atoms in total. The van der Waals surface area contributed by atoms with Crippen molar-refractivity contribution in [3.63, 3.8) is 0 Å². The maximum atomic E-state index is 13.6. The first-order chi connectivity index (χ1) is 17.4. The molecule has 5 heteroatoms. The molecule has 0 radical (unpaired) electrons. The van der Waals surface area contributed by atoms with Crippen LogP contribution in [0.5, 0.6) is 0 Å². The number of ether oxygens (including phenoxy) is 1. The molecule has 1 N–H and O–H groups in total. The van der Waals surface area contributed by atoms with E-state index in [0.29, 0.717) is 25.9 Å². The summed E-state index contributed by atoms with van der Waals surface area (Å²) in [7, 11) is 0. The third kappa shape index (κ3) is 4.09. The van der Waals surface area contributed by atoms with Gasteiger partial charge in [-0.3, -0.25) is 0 Å². The Morgan fingerprint density at radius 1 is 1.00 bits per heavy atom. The number of benzene rings is 3. The van der Waals surface area contributed by atoms with Crippen molar-refractivity contribution in [2.45, 2.75) is 69.1 Å². The monoisotopic (exact) mass is 485 g/mol. The van der Waals surface area contributed by atoms with Crippen LogP contribution in [0.3, 0.4) is 0 Å². The van der Waals surface area contributed by atoms with E-state index in [0.717, 1.165) is 30.4 Å². The molecule has 3 aromatic rings. The van der Waals surface area contributed by atoms with Gasteiger partial charge in [0, 0.05) is 24.4 Å². The summed E-state index contributed by atoms with van der Waals surface area (Å²) in [6.07, 6.45) is 4.02. The highest BCUT2D eigenvalue weighted by Gasteiger charge is 2.48. The molecule has 3 aliphatic rings. The number of rotatable bonds is 4. The second-order valence-electron chi connectivity index (χ2n) is 10.8. The van der Waals surface area contributed by atoms with Gasteiger partial charge in [0.15, 0.2) is 0 Å². The van der Waals surface area contributed by atoms with E-state index >= 15 is 0 Å². The fourth-order valence-electron chi connectivity index (χ4n) is 6.85. The van der Waals surface area contributed by atoms with Crippen LogP contribution < -0.4 is 0 Å². The summed E-state index contributed by atoms with van der Waals surface area (Å²) in [5.41, 5.74) is 5.75. The van der Waals surface area contributed by atoms with E-state index in [1.54, 1.807) is 6.07 Å². The Kier molecular flexibility index (Phi) is 5.83. The molecule has 2 fully saturated rings. The highest BCUT2D eigenvalue weighted by molar-refractivity contribution is 5.79. The lowest BCUT2D eigenvalue weighted by Crippen LogP contribution is -2.60. The second kappa shape index (κ2) is 9.04. The molecule has 0 spiro atoms. The van der Waals surface area contributed by atoms with Gasteiger partial charge in [-0.2, -0.15) is 0 Å². The first-order valence-electron chi connectivity index (χ1n) is 13.0. The van der Waals surface area contributed by atoms with Crippen molar-refractivity contribution in [3.8, 4) is 11.1 Å². The molecule has 2 atom stereocenters. The number of aliphatic hydroxyl groups is 1. The van der Waals surface area contributed by atoms with Crippen molar-refractivity contribution in [2.24, 2.45) is 0 Å². The average Bonchev–Trinajstić information content (AvgIpc) is 3.17. The highest BCUT2D eigenvalue weighted by atomic mass is 19.1. The summed E-state index contributed by atoms with van der Waals surface area (Å²) < 4.78 is 19.6. The fraction of sp³-hybridized carbons (Fsp3) is 0.387. The van der Waals surface area contributed by atoms with Crippen LogP contribution in [0, 0.1) is 12.7 Å². The van der Waals surface area contributed by atoms with Gasteiger partial charge in [-0.15, -0.1) is 0 Å². The van der Waals surface area contributed by atoms with Crippen LogP contribution in [-0.2, 0) is 11.2 Å². The Hall–Kier alpha value is -3.18. The summed E-state index contributed by atoms with van der Waals surface area (Å²) in [5, 5.41) is 11.6. The number of aryl methyl sites for hydroxylation is 1. The minimum absolute atomic E-state index is 0.0318. The smallest absolute Gasteiger partial charge is 0.410 e. The van der Waals surface area contributed by atoms with E-state index < -0.39 is 5.60 Å². The van der Waals surface area contributed by atoms with Crippen LogP contribution >= 0.6 is 0 Å². The van der Waals surface area contributed by atoms with Crippen molar-refractivity contribution in [3.05, 3.63) is 94.8 Å². The molecule has 186 valence electrons. The first kappa shape index (κ1) is 23.2. The molecule has 0 saturated carbocycles. The Morgan fingerprint density at radius 3 is 2.22 bits per heavy atom. The lowest BCUT2D eigenvalue weighted by Gasteiger charge is -2.51. The third-order valence-electron chi connectivity index (χ3n) is 8.46. The Labute approximate surface area is 211 Å². The van der Waals surface area contributed by atoms with Gasteiger partial charge < -0.3 is 14.7 Å². The lowest BCUT2D eigenvalue weighted by molar-refractivity contribution is -0.0841. The zero-order valence-corrected chi connectivity index (χ0v) is 20.6. The normalized spacial score (nSPS) is 24.8. The predicted molar refractivity (Wildman–Crippen MR) is 137 cm³/mol. The third-order valence-corrected chi connectivity index (χ3v) is 8.46. The molecular formula is C31H32FNO3. The molecule has 1 amide bonds. The predicted octanol–water partition coefficient (Wildman–Crippen LogP) is 6.37. The van der Waals surface area contributed by atoms with Gasteiger partial charge in [-0.25, -0.2) is 9.18 Å². The quantitative estimate of drug-likeness (QED) is 0.467. The number of carbonyl (C=O) groups excluding carboxylic acids is 1. The summed E-state index contributed by atoms with van der Waals surface area (Å²) in [6, 6.07) is 21.4. The van der Waals surface area contributed by atoms with E-state index in [1.165, 1.54) is 34.4 Å². The van der Waals surface area contributed by atoms with Gasteiger partial charge in [0.1, 0.15) is 12.4 Å². The summed E-state index contributed by atoms with van der Waals surface area (Å²) >= 11 is 0. The SMILES string of the molecule is Cc1cc(F)ccc1CC1(O)CC2CCCC(C1)N2C(=O)OCC1c2ccccc2-c2ccccc21. The largest absolute Gasteiger partial charge is 0.448 e. The van der Waals surface area contributed by atoms with Crippen molar-refractivity contribution >= 4 is 6.09 Å². The van der Waals surface area contributed by atoms with Crippen LogP contribution in [0.15, 0.2) is 66.7 Å². The van der Waals surface area contributed by atoms with Crippen LogP contribution in [0.4, 0.5) is 9.18 Å². The van der Waals surface area contributed by atoms with Gasteiger partial charge in [0.25, 0.3) is 0 Å². The van der Waals surface area contributed by atoms with E-state index in [1.807, 2.05) is 36.1 Å². The molecule has 3 aromatic carbocycles. The zero-order valence-electron chi connectivity index (χ0n) is 20.6. The molecule has 2 saturated heterocycles. The van der Waals surface area contributed by atoms with Crippen LogP contribution in [0.1, 0.15) is 60.3 Å². The summed E-state index contributed by atoms with van der Waals surface area (Å²) in [5.74, 6) is -0.227. The number of nitrogens with zero attached hydrogens (tertiary/aromatic N) is 1. The van der Waals surface area contributed by atoms with Crippen LogP contribution in [0.25, 0.3) is 11.1 Å². The van der Waals surface area contributed by atoms with E-state index in [-0.39, 0.29) is 29.9 Å². The molecule has 0 aromatic heterocycles. The zero-order chi connectivity index (χ0) is 24.9. The summed E-state index contributed by atoms with van der Waals surface area (Å²) in [4.78, 5) is 15.3. The number of piperidine rings is 2. The molecule has 2 aliphatic heterocycles. The van der Waals surface area contributed by atoms with Crippen molar-refractivity contribution in [1.29, 1.82) is 0 Å². The molecule has 36 heavy (non-hydrogen) atoms. The van der Waals surface area contributed by atoms with Crippen molar-refractivity contribution < 1.29 is 19.0 Å². The number of carbonyl (C=O) groups is 1. The molecule has 1 aliphatic carbocycles. The number of amides is 1. The maximum Gasteiger partial charge on any atom is 0.410 e. The van der Waals surface area contributed by atoms with E-state index in [2.05, 4.69) is 24.3 Å². The van der Waals surface area contributed by atoms with Crippen LogP contribution in [-0.4, -0.2) is 40.4 Å². The minimum atomic E-state index is -0.904. The number of fused-ring (bicyclic) bond motifs is 5. The van der Waals surface area contributed by atoms with E-state index in [9.17, 15) is 14.3 Å². The standard InChI is InChI=1S/C31H32FNO3/c1-20-15-22(32)14-13-21(20)16-31(35)17-23-7-6-8-24(18-31)33(23)30(34)36-19-29-27-11-4-2-9-25(27)26-10-3-5-12-28(26)29/h2-5,9-15,23-24,29,35H,6-8,16-19H2,1H3. The van der Waals surface area contributed by atoms with Crippen molar-refractivity contribution in [2.75, 3.05) is 6.61 Å². The summed E-state index contributed by atoms with van der Waals surface area (Å²) in [6.45, 7) is 2.19. The fourth-order valence-corrected chi connectivity index (χ4v) is 6.85. The Balaban J connectivity index is 1.17.